The van der Waals surface area contributed by atoms with Crippen LogP contribution in [0.15, 0.2) is 24.3 Å². The smallest absolute Gasteiger partial charge is 0.0515 e. The molecule has 4 unspecified atom stereocenters. The van der Waals surface area contributed by atoms with Gasteiger partial charge in [-0.15, -0.1) is 0 Å². The molecule has 0 spiro atoms. The van der Waals surface area contributed by atoms with Gasteiger partial charge in [-0.1, -0.05) is 23.7 Å². The molecule has 88 valence electrons. The zero-order valence-corrected chi connectivity index (χ0v) is 11.0. The van der Waals surface area contributed by atoms with Crippen LogP contribution in [0.5, 0.6) is 0 Å². The van der Waals surface area contributed by atoms with Gasteiger partial charge in [-0.2, -0.15) is 0 Å². The lowest BCUT2D eigenvalue weighted by Gasteiger charge is -2.34. The van der Waals surface area contributed by atoms with Gasteiger partial charge in [0.25, 0.3) is 0 Å². The zero-order chi connectivity index (χ0) is 11.7. The molecule has 1 aliphatic rings. The Kier molecular flexibility index (Phi) is 3.67. The second-order valence-corrected chi connectivity index (χ2v) is 6.62. The zero-order valence-electron chi connectivity index (χ0n) is 9.44. The summed E-state index contributed by atoms with van der Waals surface area (Å²) in [5.41, 5.74) is 1.16. The van der Waals surface area contributed by atoms with Crippen LogP contribution in [-0.4, -0.2) is 21.3 Å². The minimum atomic E-state index is -0.746. The third-order valence-electron chi connectivity index (χ3n) is 2.99. The Hall–Kier alpha value is -0.380. The molecule has 1 aromatic carbocycles. The van der Waals surface area contributed by atoms with Crippen LogP contribution in [0.3, 0.4) is 0 Å². The standard InChI is InChI=1S/C12H16ClNOS/c1-8-7-16(15)9(2)12(14-8)10-3-5-11(13)6-4-10/h3-6,8-9,12,14H,7H2,1-2H3. The predicted molar refractivity (Wildman–Crippen MR) is 69.3 cm³/mol. The highest BCUT2D eigenvalue weighted by Crippen LogP contribution is 2.26. The minimum Gasteiger partial charge on any atom is -0.305 e. The highest BCUT2D eigenvalue weighted by Gasteiger charge is 2.31. The molecule has 0 radical (unpaired) electrons. The van der Waals surface area contributed by atoms with Crippen molar-refractivity contribution in [2.45, 2.75) is 31.2 Å². The Morgan fingerprint density at radius 2 is 1.94 bits per heavy atom. The Morgan fingerprint density at radius 3 is 2.56 bits per heavy atom. The SMILES string of the molecule is CC1CS(=O)C(C)C(c2ccc(Cl)cc2)N1. The largest absolute Gasteiger partial charge is 0.305 e. The molecule has 1 fully saturated rings. The normalized spacial score (nSPS) is 34.9. The number of hydrogen-bond donors (Lipinski definition) is 1. The number of hydrogen-bond acceptors (Lipinski definition) is 2. The summed E-state index contributed by atoms with van der Waals surface area (Å²) in [6.07, 6.45) is 0. The van der Waals surface area contributed by atoms with Crippen LogP contribution in [0.2, 0.25) is 5.02 Å². The fraction of sp³-hybridized carbons (Fsp3) is 0.500. The van der Waals surface area contributed by atoms with E-state index in [0.717, 1.165) is 16.3 Å². The first kappa shape index (κ1) is 12.1. The van der Waals surface area contributed by atoms with Gasteiger partial charge in [0.2, 0.25) is 0 Å². The first-order valence-electron chi connectivity index (χ1n) is 5.46. The van der Waals surface area contributed by atoms with Crippen molar-refractivity contribution in [1.29, 1.82) is 0 Å². The maximum atomic E-state index is 11.9. The summed E-state index contributed by atoms with van der Waals surface area (Å²) >= 11 is 5.86. The van der Waals surface area contributed by atoms with E-state index in [2.05, 4.69) is 12.2 Å². The summed E-state index contributed by atoms with van der Waals surface area (Å²) in [6.45, 7) is 4.11. The Labute approximate surface area is 104 Å². The molecule has 1 N–H and O–H groups in total. The van der Waals surface area contributed by atoms with Gasteiger partial charge >= 0.3 is 0 Å². The molecule has 4 atom stereocenters. The molecule has 2 nitrogen and oxygen atoms in total. The van der Waals surface area contributed by atoms with E-state index < -0.39 is 10.8 Å². The predicted octanol–water partition coefficient (Wildman–Crippen LogP) is 2.51. The quantitative estimate of drug-likeness (QED) is 0.838. The average molecular weight is 258 g/mol. The molecule has 1 aliphatic heterocycles. The molecule has 16 heavy (non-hydrogen) atoms. The van der Waals surface area contributed by atoms with Crippen molar-refractivity contribution < 1.29 is 4.21 Å². The molecule has 0 aromatic heterocycles. The molecular weight excluding hydrogens is 242 g/mol. The molecule has 0 saturated carbocycles. The van der Waals surface area contributed by atoms with E-state index in [1.807, 2.05) is 31.2 Å². The van der Waals surface area contributed by atoms with Crippen LogP contribution < -0.4 is 5.32 Å². The van der Waals surface area contributed by atoms with E-state index in [9.17, 15) is 4.21 Å². The van der Waals surface area contributed by atoms with Crippen molar-refractivity contribution in [2.24, 2.45) is 0 Å². The van der Waals surface area contributed by atoms with Crippen molar-refractivity contribution in [3.8, 4) is 0 Å². The summed E-state index contributed by atoms with van der Waals surface area (Å²) in [5.74, 6) is 0.741. The fourth-order valence-electron chi connectivity index (χ4n) is 2.08. The minimum absolute atomic E-state index is 0.150. The molecular formula is C12H16ClNOS. The summed E-state index contributed by atoms with van der Waals surface area (Å²) in [5, 5.41) is 4.38. The van der Waals surface area contributed by atoms with E-state index in [4.69, 9.17) is 11.6 Å². The fourth-order valence-corrected chi connectivity index (χ4v) is 3.64. The summed E-state index contributed by atoms with van der Waals surface area (Å²) in [4.78, 5) is 0. The molecule has 2 rings (SSSR count). The van der Waals surface area contributed by atoms with Crippen LogP contribution in [0.1, 0.15) is 25.5 Å². The van der Waals surface area contributed by atoms with Crippen molar-refractivity contribution in [2.75, 3.05) is 5.75 Å². The van der Waals surface area contributed by atoms with Gasteiger partial charge in [0.1, 0.15) is 0 Å². The second-order valence-electron chi connectivity index (χ2n) is 4.35. The van der Waals surface area contributed by atoms with Crippen molar-refractivity contribution in [3.05, 3.63) is 34.9 Å². The topological polar surface area (TPSA) is 29.1 Å². The Morgan fingerprint density at radius 1 is 1.31 bits per heavy atom. The van der Waals surface area contributed by atoms with Crippen LogP contribution in [0.4, 0.5) is 0 Å². The molecule has 1 saturated heterocycles. The third kappa shape index (κ3) is 2.47. The van der Waals surface area contributed by atoms with Crippen LogP contribution in [0, 0.1) is 0 Å². The monoisotopic (exact) mass is 257 g/mol. The van der Waals surface area contributed by atoms with Crippen molar-refractivity contribution >= 4 is 22.4 Å². The van der Waals surface area contributed by atoms with Crippen LogP contribution >= 0.6 is 11.6 Å². The van der Waals surface area contributed by atoms with Gasteiger partial charge < -0.3 is 5.32 Å². The molecule has 0 amide bonds. The van der Waals surface area contributed by atoms with Gasteiger partial charge in [0, 0.05) is 33.7 Å². The summed E-state index contributed by atoms with van der Waals surface area (Å²) in [6, 6.07) is 8.25. The lowest BCUT2D eigenvalue weighted by atomic mass is 10.0. The molecule has 0 bridgehead atoms. The van der Waals surface area contributed by atoms with E-state index >= 15 is 0 Å². The first-order valence-corrected chi connectivity index (χ1v) is 7.22. The number of halogens is 1. The van der Waals surface area contributed by atoms with Gasteiger partial charge in [-0.25, -0.2) is 0 Å². The van der Waals surface area contributed by atoms with Crippen molar-refractivity contribution in [1.82, 2.24) is 5.32 Å². The van der Waals surface area contributed by atoms with Gasteiger partial charge in [-0.05, 0) is 31.5 Å². The molecule has 4 heteroatoms. The van der Waals surface area contributed by atoms with Crippen LogP contribution in [0.25, 0.3) is 0 Å². The van der Waals surface area contributed by atoms with Gasteiger partial charge in [0.05, 0.1) is 5.25 Å². The Balaban J connectivity index is 2.25. The molecule has 1 heterocycles. The van der Waals surface area contributed by atoms with E-state index in [1.165, 1.54) is 0 Å². The van der Waals surface area contributed by atoms with Gasteiger partial charge in [0.15, 0.2) is 0 Å². The number of benzene rings is 1. The second kappa shape index (κ2) is 4.86. The number of rotatable bonds is 1. The van der Waals surface area contributed by atoms with Gasteiger partial charge in [-0.3, -0.25) is 4.21 Å². The number of nitrogens with one attached hydrogen (secondary N) is 1. The third-order valence-corrected chi connectivity index (χ3v) is 5.17. The van der Waals surface area contributed by atoms with Crippen molar-refractivity contribution in [3.63, 3.8) is 0 Å². The van der Waals surface area contributed by atoms with E-state index in [0.29, 0.717) is 6.04 Å². The van der Waals surface area contributed by atoms with E-state index in [1.54, 1.807) is 0 Å². The summed E-state index contributed by atoms with van der Waals surface area (Å²) < 4.78 is 11.9. The lowest BCUT2D eigenvalue weighted by molar-refractivity contribution is 0.447. The highest BCUT2D eigenvalue weighted by molar-refractivity contribution is 7.85. The maximum absolute atomic E-state index is 11.9. The Bertz CT molecular complexity index is 393. The highest BCUT2D eigenvalue weighted by atomic mass is 35.5. The molecule has 0 aliphatic carbocycles. The lowest BCUT2D eigenvalue weighted by Crippen LogP contribution is -2.47. The average Bonchev–Trinajstić information content (AvgIpc) is 2.25. The van der Waals surface area contributed by atoms with Crippen LogP contribution in [-0.2, 0) is 10.8 Å². The summed E-state index contributed by atoms with van der Waals surface area (Å²) in [7, 11) is -0.746. The van der Waals surface area contributed by atoms with E-state index in [-0.39, 0.29) is 11.3 Å². The maximum Gasteiger partial charge on any atom is 0.0515 e. The molecule has 1 aromatic rings. The first-order chi connectivity index (χ1) is 7.58.